The Balaban J connectivity index is 2.08. The van der Waals surface area contributed by atoms with Crippen molar-refractivity contribution < 1.29 is 14.7 Å². The number of hydrogen-bond donors (Lipinski definition) is 2. The highest BCUT2D eigenvalue weighted by Gasteiger charge is 2.30. The number of nitrogens with zero attached hydrogens (tertiary/aromatic N) is 2. The Bertz CT molecular complexity index is 811. The first-order valence-electron chi connectivity index (χ1n) is 7.41. The van der Waals surface area contributed by atoms with Crippen LogP contribution in [0.15, 0.2) is 47.5 Å². The van der Waals surface area contributed by atoms with Crippen LogP contribution in [0.5, 0.6) is 0 Å². The van der Waals surface area contributed by atoms with Crippen LogP contribution in [-0.4, -0.2) is 26.5 Å². The molecule has 1 heterocycles. The van der Waals surface area contributed by atoms with Crippen LogP contribution in [0.25, 0.3) is 0 Å². The fraction of sp³-hybridized carbons (Fsp3) is 0.294. The van der Waals surface area contributed by atoms with Gasteiger partial charge in [-0.1, -0.05) is 12.1 Å². The number of carbonyl (C=O) groups is 2. The van der Waals surface area contributed by atoms with Crippen molar-refractivity contribution >= 4 is 17.6 Å². The summed E-state index contributed by atoms with van der Waals surface area (Å²) in [6.45, 7) is 3.33. The summed E-state index contributed by atoms with van der Waals surface area (Å²) in [6.07, 6.45) is 2.93. The molecule has 7 nitrogen and oxygen atoms in total. The Morgan fingerprint density at radius 1 is 1.29 bits per heavy atom. The molecule has 0 fully saturated rings. The molecule has 24 heavy (non-hydrogen) atoms. The van der Waals surface area contributed by atoms with E-state index in [2.05, 4.69) is 10.3 Å². The highest BCUT2D eigenvalue weighted by atomic mass is 16.4. The molecular weight excluding hydrogens is 310 g/mol. The molecule has 0 spiro atoms. The van der Waals surface area contributed by atoms with Gasteiger partial charge in [0.05, 0.1) is 12.0 Å². The van der Waals surface area contributed by atoms with Crippen molar-refractivity contribution in [2.75, 3.05) is 5.32 Å². The van der Waals surface area contributed by atoms with Crippen LogP contribution < -0.4 is 11.0 Å². The highest BCUT2D eigenvalue weighted by molar-refractivity contribution is 5.94. The van der Waals surface area contributed by atoms with E-state index in [9.17, 15) is 14.4 Å². The van der Waals surface area contributed by atoms with Crippen molar-refractivity contribution in [3.63, 3.8) is 0 Å². The fourth-order valence-electron chi connectivity index (χ4n) is 2.13. The molecule has 0 bridgehead atoms. The van der Waals surface area contributed by atoms with Crippen molar-refractivity contribution in [1.82, 2.24) is 9.55 Å². The minimum absolute atomic E-state index is 0.130. The molecule has 0 aliphatic carbocycles. The predicted octanol–water partition coefficient (Wildman–Crippen LogP) is 1.73. The Labute approximate surface area is 139 Å². The van der Waals surface area contributed by atoms with Gasteiger partial charge < -0.3 is 10.4 Å². The number of anilines is 1. The summed E-state index contributed by atoms with van der Waals surface area (Å²) in [7, 11) is 0. The summed E-state index contributed by atoms with van der Waals surface area (Å²) in [5.74, 6) is -1.40. The lowest BCUT2D eigenvalue weighted by molar-refractivity contribution is -0.148. The zero-order valence-corrected chi connectivity index (χ0v) is 13.5. The maximum Gasteiger partial charge on any atom is 0.347 e. The number of aliphatic carboxylic acids is 1. The topological polar surface area (TPSA) is 101 Å². The van der Waals surface area contributed by atoms with E-state index in [1.165, 1.54) is 24.6 Å². The van der Waals surface area contributed by atoms with Gasteiger partial charge >= 0.3 is 11.7 Å². The van der Waals surface area contributed by atoms with Crippen LogP contribution in [0.3, 0.4) is 0 Å². The summed E-state index contributed by atoms with van der Waals surface area (Å²) in [4.78, 5) is 38.4. The fourth-order valence-corrected chi connectivity index (χ4v) is 2.13. The third-order valence-electron chi connectivity index (χ3n) is 3.53. The molecule has 1 aromatic carbocycles. The lowest BCUT2D eigenvalue weighted by Crippen LogP contribution is -2.29. The molecule has 0 radical (unpaired) electrons. The van der Waals surface area contributed by atoms with E-state index in [0.717, 1.165) is 5.56 Å². The van der Waals surface area contributed by atoms with Gasteiger partial charge in [-0.25, -0.2) is 9.78 Å². The quantitative estimate of drug-likeness (QED) is 0.840. The maximum atomic E-state index is 12.0. The van der Waals surface area contributed by atoms with E-state index in [1.807, 2.05) is 6.07 Å². The largest absolute Gasteiger partial charge is 0.481 e. The Morgan fingerprint density at radius 3 is 2.71 bits per heavy atom. The van der Waals surface area contributed by atoms with Gasteiger partial charge in [-0.05, 0) is 37.6 Å². The minimum Gasteiger partial charge on any atom is -0.481 e. The van der Waals surface area contributed by atoms with Crippen molar-refractivity contribution in [1.29, 1.82) is 0 Å². The minimum atomic E-state index is -1.13. The number of carbonyl (C=O) groups excluding carboxylic acids is 1. The van der Waals surface area contributed by atoms with Gasteiger partial charge in [-0.2, -0.15) is 0 Å². The molecule has 0 unspecified atom stereocenters. The number of nitrogens with one attached hydrogen (secondary N) is 1. The van der Waals surface area contributed by atoms with E-state index in [4.69, 9.17) is 5.11 Å². The standard InChI is InChI=1S/C17H19N3O4/c1-17(2,15(22)23)10-14(21)19-13-6-3-5-12(9-13)11-20-8-4-7-18-16(20)24/h3-9H,10-11H2,1-2H3,(H,19,21)(H,22,23). The average molecular weight is 329 g/mol. The molecule has 0 saturated heterocycles. The lowest BCUT2D eigenvalue weighted by Gasteiger charge is -2.18. The first kappa shape index (κ1) is 17.4. The molecule has 0 aliphatic rings. The van der Waals surface area contributed by atoms with Crippen LogP contribution in [0.4, 0.5) is 5.69 Å². The molecule has 0 saturated carbocycles. The van der Waals surface area contributed by atoms with E-state index in [-0.39, 0.29) is 18.0 Å². The highest BCUT2D eigenvalue weighted by Crippen LogP contribution is 2.21. The molecule has 1 amide bonds. The Hall–Kier alpha value is -2.96. The van der Waals surface area contributed by atoms with Crippen LogP contribution in [0.1, 0.15) is 25.8 Å². The van der Waals surface area contributed by atoms with Crippen molar-refractivity contribution in [2.45, 2.75) is 26.8 Å². The maximum absolute atomic E-state index is 12.0. The van der Waals surface area contributed by atoms with E-state index >= 15 is 0 Å². The van der Waals surface area contributed by atoms with Gasteiger partial charge in [0.25, 0.3) is 0 Å². The average Bonchev–Trinajstić information content (AvgIpc) is 2.49. The molecule has 7 heteroatoms. The van der Waals surface area contributed by atoms with Crippen LogP contribution >= 0.6 is 0 Å². The van der Waals surface area contributed by atoms with E-state index in [0.29, 0.717) is 12.2 Å². The lowest BCUT2D eigenvalue weighted by atomic mass is 9.89. The van der Waals surface area contributed by atoms with E-state index < -0.39 is 11.4 Å². The second-order valence-corrected chi connectivity index (χ2v) is 6.14. The number of rotatable bonds is 6. The summed E-state index contributed by atoms with van der Waals surface area (Å²) in [5, 5.41) is 11.8. The van der Waals surface area contributed by atoms with Gasteiger partial charge in [0.2, 0.25) is 5.91 Å². The zero-order valence-electron chi connectivity index (χ0n) is 13.5. The summed E-state index contributed by atoms with van der Waals surface area (Å²) >= 11 is 0. The summed E-state index contributed by atoms with van der Waals surface area (Å²) in [5.41, 5.74) is -0.115. The second-order valence-electron chi connectivity index (χ2n) is 6.14. The molecule has 0 aliphatic heterocycles. The number of carboxylic acid groups (broad SMARTS) is 1. The van der Waals surface area contributed by atoms with Gasteiger partial charge in [-0.3, -0.25) is 14.2 Å². The molecule has 2 N–H and O–H groups in total. The number of aromatic nitrogens is 2. The summed E-state index contributed by atoms with van der Waals surface area (Å²) < 4.78 is 1.45. The van der Waals surface area contributed by atoms with Crippen molar-refractivity contribution in [2.24, 2.45) is 5.41 Å². The second kappa shape index (κ2) is 7.08. The van der Waals surface area contributed by atoms with Gasteiger partial charge in [0, 0.05) is 24.5 Å². The predicted molar refractivity (Wildman–Crippen MR) is 88.7 cm³/mol. The van der Waals surface area contributed by atoms with E-state index in [1.54, 1.807) is 30.5 Å². The number of hydrogen-bond acceptors (Lipinski definition) is 4. The van der Waals surface area contributed by atoms with Gasteiger partial charge in [0.15, 0.2) is 0 Å². The van der Waals surface area contributed by atoms with Crippen LogP contribution in [0.2, 0.25) is 0 Å². The molecule has 126 valence electrons. The third-order valence-corrected chi connectivity index (χ3v) is 3.53. The Kier molecular flexibility index (Phi) is 5.13. The third kappa shape index (κ3) is 4.52. The number of benzene rings is 1. The Morgan fingerprint density at radius 2 is 2.04 bits per heavy atom. The smallest absolute Gasteiger partial charge is 0.347 e. The van der Waals surface area contributed by atoms with Crippen LogP contribution in [-0.2, 0) is 16.1 Å². The molecule has 2 aromatic rings. The molecule has 0 atom stereocenters. The molecular formula is C17H19N3O4. The normalized spacial score (nSPS) is 11.1. The number of amides is 1. The van der Waals surface area contributed by atoms with Crippen LogP contribution in [0, 0.1) is 5.41 Å². The van der Waals surface area contributed by atoms with Gasteiger partial charge in [0.1, 0.15) is 0 Å². The number of carboxylic acids is 1. The summed E-state index contributed by atoms with van der Waals surface area (Å²) in [6, 6.07) is 8.71. The monoisotopic (exact) mass is 329 g/mol. The zero-order chi connectivity index (χ0) is 17.7. The molecule has 2 rings (SSSR count). The molecule has 1 aromatic heterocycles. The first-order valence-corrected chi connectivity index (χ1v) is 7.41. The van der Waals surface area contributed by atoms with Crippen molar-refractivity contribution in [3.8, 4) is 0 Å². The van der Waals surface area contributed by atoms with Crippen molar-refractivity contribution in [3.05, 3.63) is 58.8 Å². The van der Waals surface area contributed by atoms with Gasteiger partial charge in [-0.15, -0.1) is 0 Å². The SMILES string of the molecule is CC(C)(CC(=O)Nc1cccc(Cn2cccnc2=O)c1)C(=O)O. The first-order chi connectivity index (χ1) is 11.3.